The minimum Gasteiger partial charge on any atom is -0.331 e. The number of carbonyl (C=O) groups is 3. The van der Waals surface area contributed by atoms with Gasteiger partial charge in [0, 0.05) is 25.9 Å². The van der Waals surface area contributed by atoms with Crippen LogP contribution in [0.15, 0.2) is 12.2 Å². The van der Waals surface area contributed by atoms with Gasteiger partial charge in [-0.05, 0) is 51.4 Å². The zero-order valence-corrected chi connectivity index (χ0v) is 21.2. The molecule has 2 saturated carbocycles. The van der Waals surface area contributed by atoms with E-state index in [9.17, 15) is 22.8 Å². The van der Waals surface area contributed by atoms with E-state index in [-0.39, 0.29) is 17.7 Å². The Hall–Kier alpha value is -1.90. The lowest BCUT2D eigenvalue weighted by atomic mass is 10.0. The molecule has 0 unspecified atom stereocenters. The molecule has 2 aliphatic carbocycles. The molecule has 3 atom stereocenters. The molecule has 0 spiro atoms. The number of nitrogens with zero attached hydrogens (tertiary/aromatic N) is 2. The van der Waals surface area contributed by atoms with E-state index < -0.39 is 32.8 Å². The summed E-state index contributed by atoms with van der Waals surface area (Å²) in [6.07, 6.45) is 14.8. The number of fused-ring (bicyclic) bond motifs is 2. The maximum absolute atomic E-state index is 13.6. The van der Waals surface area contributed by atoms with Gasteiger partial charge in [0.05, 0.1) is 5.25 Å². The highest BCUT2D eigenvalue weighted by atomic mass is 32.2. The maximum atomic E-state index is 13.6. The molecule has 0 aromatic carbocycles. The number of carbonyl (C=O) groups excluding carboxylic acids is 3. The molecule has 3 amide bonds. The topological polar surface area (TPSA) is 104 Å². The summed E-state index contributed by atoms with van der Waals surface area (Å²) < 4.78 is 28.4. The summed E-state index contributed by atoms with van der Waals surface area (Å²) in [4.78, 5) is 43.1. The lowest BCUT2D eigenvalue weighted by molar-refractivity contribution is -0.147. The number of likely N-dealkylation sites (N-methyl/N-ethyl adjacent to an activating group) is 1. The van der Waals surface area contributed by atoms with Crippen molar-refractivity contribution < 1.29 is 22.8 Å². The highest BCUT2D eigenvalue weighted by molar-refractivity contribution is 7.90. The van der Waals surface area contributed by atoms with E-state index in [4.69, 9.17) is 0 Å². The van der Waals surface area contributed by atoms with Crippen LogP contribution in [0.5, 0.6) is 0 Å². The SMILES string of the molecule is CN1C(=O)[C@@H]2CCCN2C(=O)CCCCCC/C=C\[C@@H]2C[C@]21C(=O)NS(=O)(=O)C1CCCCC1. The standard InChI is InChI=1S/C25H39N3O5S/c1-27-23(30)21-15-11-17-28(21)22(29)16-10-5-3-2-4-7-12-19-18-25(19,27)24(31)26-34(32,33)20-13-8-6-9-14-20/h7,12,19-21H,2-6,8-11,13-18H2,1H3,(H,26,31)/b12-7-/t19-,21+,25-/m1/s1. The minimum absolute atomic E-state index is 0.00275. The third-order valence-corrected chi connectivity index (χ3v) is 10.1. The molecule has 9 heteroatoms. The first-order valence-corrected chi connectivity index (χ1v) is 14.6. The molecule has 34 heavy (non-hydrogen) atoms. The van der Waals surface area contributed by atoms with Gasteiger partial charge in [0.2, 0.25) is 21.8 Å². The number of amides is 3. The molecule has 2 heterocycles. The highest BCUT2D eigenvalue weighted by Gasteiger charge is 2.64. The van der Waals surface area contributed by atoms with Gasteiger partial charge in [0.15, 0.2) is 0 Å². The van der Waals surface area contributed by atoms with Crippen LogP contribution in [0, 0.1) is 5.92 Å². The van der Waals surface area contributed by atoms with Crippen LogP contribution in [0.2, 0.25) is 0 Å². The van der Waals surface area contributed by atoms with Gasteiger partial charge >= 0.3 is 0 Å². The zero-order valence-electron chi connectivity index (χ0n) is 20.3. The van der Waals surface area contributed by atoms with Crippen LogP contribution < -0.4 is 4.72 Å². The predicted molar refractivity (Wildman–Crippen MR) is 129 cm³/mol. The van der Waals surface area contributed by atoms with Crippen molar-refractivity contribution in [1.82, 2.24) is 14.5 Å². The number of hydrogen-bond acceptors (Lipinski definition) is 5. The zero-order chi connectivity index (χ0) is 24.3. The molecule has 3 fully saturated rings. The normalized spacial score (nSPS) is 32.9. The van der Waals surface area contributed by atoms with Crippen LogP contribution in [0.3, 0.4) is 0 Å². The summed E-state index contributed by atoms with van der Waals surface area (Å²) in [5.74, 6) is -1.09. The monoisotopic (exact) mass is 493 g/mol. The van der Waals surface area contributed by atoms with Crippen molar-refractivity contribution >= 4 is 27.7 Å². The smallest absolute Gasteiger partial charge is 0.260 e. The number of rotatable bonds is 3. The van der Waals surface area contributed by atoms with Crippen molar-refractivity contribution in [2.45, 2.75) is 107 Å². The summed E-state index contributed by atoms with van der Waals surface area (Å²) in [5, 5.41) is -0.555. The van der Waals surface area contributed by atoms with Gasteiger partial charge in [-0.1, -0.05) is 44.3 Å². The van der Waals surface area contributed by atoms with Gasteiger partial charge in [0.25, 0.3) is 5.91 Å². The molecule has 1 saturated heterocycles. The second-order valence-electron chi connectivity index (χ2n) is 10.5. The summed E-state index contributed by atoms with van der Waals surface area (Å²) in [6, 6.07) is -0.576. The van der Waals surface area contributed by atoms with E-state index in [0.717, 1.165) is 57.8 Å². The first-order valence-electron chi connectivity index (χ1n) is 13.1. The van der Waals surface area contributed by atoms with Crippen LogP contribution in [-0.2, 0) is 24.4 Å². The van der Waals surface area contributed by atoms with Crippen LogP contribution in [-0.4, -0.2) is 66.4 Å². The number of nitrogens with one attached hydrogen (secondary N) is 1. The lowest BCUT2D eigenvalue weighted by Gasteiger charge is -2.34. The fourth-order valence-electron chi connectivity index (χ4n) is 6.02. The third kappa shape index (κ3) is 5.04. The van der Waals surface area contributed by atoms with Crippen LogP contribution in [0.1, 0.15) is 89.9 Å². The van der Waals surface area contributed by atoms with Gasteiger partial charge in [-0.3, -0.25) is 19.1 Å². The van der Waals surface area contributed by atoms with Crippen LogP contribution >= 0.6 is 0 Å². The van der Waals surface area contributed by atoms with Gasteiger partial charge in [-0.25, -0.2) is 8.42 Å². The molecular formula is C25H39N3O5S. The Balaban J connectivity index is 1.58. The quantitative estimate of drug-likeness (QED) is 0.609. The molecule has 0 aromatic rings. The summed E-state index contributed by atoms with van der Waals surface area (Å²) in [6.45, 7) is 0.557. The van der Waals surface area contributed by atoms with Crippen molar-refractivity contribution in [1.29, 1.82) is 0 Å². The second-order valence-corrected chi connectivity index (χ2v) is 12.5. The molecule has 4 aliphatic rings. The number of hydrogen-bond donors (Lipinski definition) is 1. The third-order valence-electron chi connectivity index (χ3n) is 8.27. The Morgan fingerprint density at radius 1 is 1.00 bits per heavy atom. The van der Waals surface area contributed by atoms with Crippen LogP contribution in [0.4, 0.5) is 0 Å². The molecule has 0 aromatic heterocycles. The van der Waals surface area contributed by atoms with E-state index in [0.29, 0.717) is 38.6 Å². The first-order chi connectivity index (χ1) is 16.3. The Kier molecular flexibility index (Phi) is 7.69. The van der Waals surface area contributed by atoms with Gasteiger partial charge in [0.1, 0.15) is 11.6 Å². The Morgan fingerprint density at radius 2 is 1.71 bits per heavy atom. The van der Waals surface area contributed by atoms with Crippen molar-refractivity contribution in [3.63, 3.8) is 0 Å². The second kappa shape index (κ2) is 10.4. The molecule has 2 aliphatic heterocycles. The maximum Gasteiger partial charge on any atom is 0.260 e. The summed E-state index contributed by atoms with van der Waals surface area (Å²) >= 11 is 0. The largest absolute Gasteiger partial charge is 0.331 e. The average molecular weight is 494 g/mol. The van der Waals surface area contributed by atoms with Crippen molar-refractivity contribution in [2.24, 2.45) is 5.92 Å². The molecule has 0 bridgehead atoms. The van der Waals surface area contributed by atoms with Crippen molar-refractivity contribution in [2.75, 3.05) is 13.6 Å². The van der Waals surface area contributed by atoms with Gasteiger partial charge < -0.3 is 9.80 Å². The van der Waals surface area contributed by atoms with E-state index in [2.05, 4.69) is 10.8 Å². The Labute approximate surface area is 203 Å². The molecule has 8 nitrogen and oxygen atoms in total. The van der Waals surface area contributed by atoms with Gasteiger partial charge in [-0.2, -0.15) is 0 Å². The first kappa shape index (κ1) is 25.2. The molecule has 4 rings (SSSR count). The fourth-order valence-corrected chi connectivity index (χ4v) is 7.57. The Bertz CT molecular complexity index is 927. The molecule has 190 valence electrons. The number of allylic oxidation sites excluding steroid dienone is 1. The van der Waals surface area contributed by atoms with Crippen molar-refractivity contribution in [3.05, 3.63) is 12.2 Å². The fraction of sp³-hybridized carbons (Fsp3) is 0.800. The summed E-state index contributed by atoms with van der Waals surface area (Å²) in [7, 11) is -2.20. The summed E-state index contributed by atoms with van der Waals surface area (Å²) in [5.41, 5.74) is -1.22. The van der Waals surface area contributed by atoms with E-state index >= 15 is 0 Å². The predicted octanol–water partition coefficient (Wildman–Crippen LogP) is 2.88. The minimum atomic E-state index is -3.80. The van der Waals surface area contributed by atoms with E-state index in [1.165, 1.54) is 4.90 Å². The van der Waals surface area contributed by atoms with Gasteiger partial charge in [-0.15, -0.1) is 0 Å². The van der Waals surface area contributed by atoms with Crippen LogP contribution in [0.25, 0.3) is 0 Å². The van der Waals surface area contributed by atoms with E-state index in [1.54, 1.807) is 11.9 Å². The van der Waals surface area contributed by atoms with E-state index in [1.807, 2.05) is 6.08 Å². The molecule has 1 N–H and O–H groups in total. The average Bonchev–Trinajstić information content (AvgIpc) is 3.35. The van der Waals surface area contributed by atoms with Crippen molar-refractivity contribution in [3.8, 4) is 0 Å². The molecular weight excluding hydrogens is 454 g/mol. The number of sulfonamides is 1. The lowest BCUT2D eigenvalue weighted by Crippen LogP contribution is -2.57. The Morgan fingerprint density at radius 3 is 2.47 bits per heavy atom. The molecule has 0 radical (unpaired) electrons. The highest BCUT2D eigenvalue weighted by Crippen LogP contribution is 2.50.